The van der Waals surface area contributed by atoms with Gasteiger partial charge in [0, 0.05) is 56.5 Å². The van der Waals surface area contributed by atoms with Crippen molar-refractivity contribution in [3.63, 3.8) is 0 Å². The van der Waals surface area contributed by atoms with Crippen LogP contribution < -0.4 is 0 Å². The summed E-state index contributed by atoms with van der Waals surface area (Å²) in [5.41, 5.74) is 0. The largest absolute Gasteiger partial charge is 0.372 e. The summed E-state index contributed by atoms with van der Waals surface area (Å²) in [6, 6.07) is 0. The molecule has 4 unspecified atom stereocenters. The van der Waals surface area contributed by atoms with E-state index in [0.29, 0.717) is 24.4 Å². The van der Waals surface area contributed by atoms with Gasteiger partial charge in [-0.15, -0.1) is 0 Å². The average Bonchev–Trinajstić information content (AvgIpc) is 3.48. The van der Waals surface area contributed by atoms with Crippen molar-refractivity contribution < 1.29 is 18.9 Å². The van der Waals surface area contributed by atoms with E-state index in [1.54, 1.807) is 0 Å². The Kier molecular flexibility index (Phi) is 9.56. The third-order valence-corrected chi connectivity index (χ3v) is 11.7. The van der Waals surface area contributed by atoms with E-state index in [-0.39, 0.29) is 0 Å². The van der Waals surface area contributed by atoms with Gasteiger partial charge in [-0.05, 0) is 0 Å². The lowest BCUT2D eigenvalue weighted by molar-refractivity contribution is 0.426. The first-order valence-electron chi connectivity index (χ1n) is 9.78. The second-order valence-electron chi connectivity index (χ2n) is 7.35. The summed E-state index contributed by atoms with van der Waals surface area (Å²) in [6.45, 7) is 3.89. The highest BCUT2D eigenvalue weighted by atomic mass is 32.2. The standard InChI is InChI=1S/C18H30O4S5/c1-13(19-1)5-23-9-17(10-24-6-14-2-20-14)27-18(11-25-7-15-3-21-15)12-26-8-16-4-22-16/h13-18H,1-12H2. The van der Waals surface area contributed by atoms with Gasteiger partial charge in [-0.2, -0.15) is 58.8 Å². The maximum Gasteiger partial charge on any atom is 0.0900 e. The second-order valence-corrected chi connectivity index (χ2v) is 13.3. The molecule has 0 saturated carbocycles. The molecule has 4 fully saturated rings. The molecule has 4 saturated heterocycles. The molecule has 27 heavy (non-hydrogen) atoms. The predicted octanol–water partition coefficient (Wildman–Crippen LogP) is 2.98. The molecular weight excluding hydrogens is 441 g/mol. The summed E-state index contributed by atoms with van der Waals surface area (Å²) in [7, 11) is 0. The van der Waals surface area contributed by atoms with Crippen molar-refractivity contribution in [1.82, 2.24) is 0 Å². The predicted molar refractivity (Wildman–Crippen MR) is 123 cm³/mol. The zero-order chi connectivity index (χ0) is 18.3. The molecule has 4 heterocycles. The van der Waals surface area contributed by atoms with Gasteiger partial charge in [0.15, 0.2) is 0 Å². The minimum atomic E-state index is 0.534. The Hall–Kier alpha value is 1.59. The monoisotopic (exact) mass is 470 g/mol. The molecule has 4 aliphatic heterocycles. The van der Waals surface area contributed by atoms with E-state index < -0.39 is 0 Å². The van der Waals surface area contributed by atoms with Crippen LogP contribution in [-0.2, 0) is 18.9 Å². The topological polar surface area (TPSA) is 50.1 Å². The normalized spacial score (nSPS) is 32.9. The molecular formula is C18H30O4S5. The number of ether oxygens (including phenoxy) is 4. The molecule has 0 aromatic heterocycles. The number of thioether (sulfide) groups is 5. The van der Waals surface area contributed by atoms with E-state index in [1.807, 2.05) is 0 Å². The molecule has 4 aliphatic rings. The number of epoxide rings is 4. The lowest BCUT2D eigenvalue weighted by Crippen LogP contribution is -2.21. The molecule has 9 heteroatoms. The molecule has 0 aromatic carbocycles. The lowest BCUT2D eigenvalue weighted by Gasteiger charge is -2.23. The average molecular weight is 471 g/mol. The van der Waals surface area contributed by atoms with Gasteiger partial charge in [-0.1, -0.05) is 0 Å². The molecule has 0 amide bonds. The summed E-state index contributed by atoms with van der Waals surface area (Å²) in [5, 5.41) is 1.44. The van der Waals surface area contributed by atoms with E-state index >= 15 is 0 Å². The van der Waals surface area contributed by atoms with Crippen LogP contribution in [0.5, 0.6) is 0 Å². The molecule has 0 spiro atoms. The van der Waals surface area contributed by atoms with Gasteiger partial charge < -0.3 is 18.9 Å². The van der Waals surface area contributed by atoms with E-state index in [9.17, 15) is 0 Å². The van der Waals surface area contributed by atoms with Crippen molar-refractivity contribution >= 4 is 58.8 Å². The minimum Gasteiger partial charge on any atom is -0.372 e. The summed E-state index contributed by atoms with van der Waals surface area (Å²) < 4.78 is 21.5. The van der Waals surface area contributed by atoms with E-state index in [4.69, 9.17) is 18.9 Å². The summed E-state index contributed by atoms with van der Waals surface area (Å²) >= 11 is 10.6. The first-order chi connectivity index (χ1) is 13.3. The molecule has 0 aromatic rings. The fourth-order valence-electron chi connectivity index (χ4n) is 2.51. The van der Waals surface area contributed by atoms with Crippen molar-refractivity contribution in [2.24, 2.45) is 0 Å². The molecule has 0 aliphatic carbocycles. The maximum atomic E-state index is 5.38. The Morgan fingerprint density at radius 2 is 0.778 bits per heavy atom. The first-order valence-corrected chi connectivity index (χ1v) is 15.3. The molecule has 0 N–H and O–H groups in total. The van der Waals surface area contributed by atoms with Crippen LogP contribution in [0.4, 0.5) is 0 Å². The van der Waals surface area contributed by atoms with Crippen LogP contribution >= 0.6 is 58.8 Å². The Labute approximate surface area is 184 Å². The Morgan fingerprint density at radius 3 is 1.00 bits per heavy atom. The quantitative estimate of drug-likeness (QED) is 0.281. The van der Waals surface area contributed by atoms with Crippen LogP contribution in [0.25, 0.3) is 0 Å². The zero-order valence-electron chi connectivity index (χ0n) is 15.6. The van der Waals surface area contributed by atoms with Crippen LogP contribution in [0.2, 0.25) is 0 Å². The van der Waals surface area contributed by atoms with Gasteiger partial charge in [0.25, 0.3) is 0 Å². The van der Waals surface area contributed by atoms with Crippen molar-refractivity contribution in [1.29, 1.82) is 0 Å². The number of rotatable bonds is 18. The maximum absolute atomic E-state index is 5.38. The smallest absolute Gasteiger partial charge is 0.0900 e. The van der Waals surface area contributed by atoms with Crippen molar-refractivity contribution in [3.05, 3.63) is 0 Å². The van der Waals surface area contributed by atoms with Crippen LogP contribution in [0.1, 0.15) is 0 Å². The molecule has 0 radical (unpaired) electrons. The van der Waals surface area contributed by atoms with Crippen LogP contribution in [0, 0.1) is 0 Å². The molecule has 4 atom stereocenters. The minimum absolute atomic E-state index is 0.534. The summed E-state index contributed by atoms with van der Waals surface area (Å²) in [5.74, 6) is 9.64. The fraction of sp³-hybridized carbons (Fsp3) is 1.00. The Morgan fingerprint density at radius 1 is 0.519 bits per heavy atom. The highest BCUT2D eigenvalue weighted by Gasteiger charge is 2.28. The lowest BCUT2D eigenvalue weighted by atomic mass is 10.5. The molecule has 156 valence electrons. The highest BCUT2D eigenvalue weighted by Crippen LogP contribution is 2.32. The third-order valence-electron chi connectivity index (χ3n) is 4.42. The van der Waals surface area contributed by atoms with Crippen molar-refractivity contribution in [2.45, 2.75) is 34.9 Å². The van der Waals surface area contributed by atoms with Crippen LogP contribution in [0.15, 0.2) is 0 Å². The van der Waals surface area contributed by atoms with Gasteiger partial charge in [-0.25, -0.2) is 0 Å². The van der Waals surface area contributed by atoms with Gasteiger partial charge >= 0.3 is 0 Å². The van der Waals surface area contributed by atoms with E-state index in [2.05, 4.69) is 58.8 Å². The van der Waals surface area contributed by atoms with Gasteiger partial charge in [-0.3, -0.25) is 0 Å². The summed E-state index contributed by atoms with van der Waals surface area (Å²) in [6.07, 6.45) is 2.14. The zero-order valence-corrected chi connectivity index (χ0v) is 19.7. The third kappa shape index (κ3) is 10.4. The summed E-state index contributed by atoms with van der Waals surface area (Å²) in [4.78, 5) is 0. The van der Waals surface area contributed by atoms with Gasteiger partial charge in [0.2, 0.25) is 0 Å². The number of hydrogen-bond donors (Lipinski definition) is 0. The van der Waals surface area contributed by atoms with E-state index in [1.165, 1.54) is 46.0 Å². The molecule has 0 bridgehead atoms. The van der Waals surface area contributed by atoms with Crippen molar-refractivity contribution in [3.8, 4) is 0 Å². The molecule has 4 rings (SSSR count). The van der Waals surface area contributed by atoms with Gasteiger partial charge in [0.1, 0.15) is 0 Å². The Bertz CT molecular complexity index is 356. The fourth-order valence-corrected chi connectivity index (χ4v) is 9.65. The van der Waals surface area contributed by atoms with Crippen LogP contribution in [0.3, 0.4) is 0 Å². The SMILES string of the molecule is C1OC1CSCC(CSCC1CO1)SC(CSCC1CO1)CSCC1CO1. The van der Waals surface area contributed by atoms with Gasteiger partial charge in [0.05, 0.1) is 50.8 Å². The number of hydrogen-bond acceptors (Lipinski definition) is 9. The van der Waals surface area contributed by atoms with Crippen LogP contribution in [-0.4, -0.2) is 107 Å². The van der Waals surface area contributed by atoms with Crippen molar-refractivity contribution in [2.75, 3.05) is 72.5 Å². The highest BCUT2D eigenvalue weighted by molar-refractivity contribution is 8.07. The first kappa shape index (κ1) is 21.8. The molecule has 4 nitrogen and oxygen atoms in total. The van der Waals surface area contributed by atoms with E-state index in [0.717, 1.165) is 36.9 Å². The second kappa shape index (κ2) is 11.8. The Balaban J connectivity index is 1.18.